The predicted octanol–water partition coefficient (Wildman–Crippen LogP) is 4.62. The van der Waals surface area contributed by atoms with Crippen molar-refractivity contribution in [1.82, 2.24) is 5.32 Å². The van der Waals surface area contributed by atoms with Crippen LogP contribution in [0.25, 0.3) is 0 Å². The monoisotopic (exact) mass is 553 g/mol. The average Bonchev–Trinajstić information content (AvgIpc) is 3.63. The number of amides is 3. The molecule has 3 aromatic carbocycles. The van der Waals surface area contributed by atoms with E-state index < -0.39 is 23.6 Å². The molecule has 0 aliphatic carbocycles. The number of rotatable bonds is 10. The molecule has 1 atom stereocenters. The summed E-state index contributed by atoms with van der Waals surface area (Å²) in [6, 6.07) is 26.4. The van der Waals surface area contributed by atoms with Crippen molar-refractivity contribution < 1.29 is 28.3 Å². The third-order valence-corrected chi connectivity index (χ3v) is 7.22. The number of hydrogen-bond acceptors (Lipinski definition) is 6. The first-order chi connectivity index (χ1) is 19.9. The van der Waals surface area contributed by atoms with E-state index in [4.69, 9.17) is 13.9 Å². The zero-order valence-corrected chi connectivity index (χ0v) is 23.1. The third kappa shape index (κ3) is 5.25. The number of furan rings is 1. The highest BCUT2D eigenvalue weighted by atomic mass is 16.7. The predicted molar refractivity (Wildman–Crippen MR) is 153 cm³/mol. The first-order valence-electron chi connectivity index (χ1n) is 13.2. The molecule has 9 nitrogen and oxygen atoms in total. The fraction of sp³-hybridized carbons (Fsp3) is 0.219. The van der Waals surface area contributed by atoms with E-state index in [0.29, 0.717) is 30.0 Å². The van der Waals surface area contributed by atoms with Gasteiger partial charge in [0.05, 0.1) is 18.5 Å². The maximum Gasteiger partial charge on any atom is 0.294 e. The quantitative estimate of drug-likeness (QED) is 0.288. The van der Waals surface area contributed by atoms with Crippen molar-refractivity contribution in [2.24, 2.45) is 0 Å². The molecular formula is C32H31N3O6. The Balaban J connectivity index is 1.53. The average molecular weight is 554 g/mol. The topological polar surface area (TPSA) is 101 Å². The van der Waals surface area contributed by atoms with Gasteiger partial charge in [0.1, 0.15) is 6.04 Å². The third-order valence-electron chi connectivity index (χ3n) is 7.22. The number of nitrogens with one attached hydrogen (secondary N) is 1. The number of methoxy groups -OCH3 is 2. The molecule has 1 aromatic heterocycles. The fourth-order valence-corrected chi connectivity index (χ4v) is 5.06. The molecule has 9 heteroatoms. The largest absolute Gasteiger partial charge is 0.459 e. The Labute approximate surface area is 238 Å². The molecule has 4 aromatic rings. The highest BCUT2D eigenvalue weighted by Gasteiger charge is 2.53. The Morgan fingerprint density at radius 1 is 0.927 bits per heavy atom. The van der Waals surface area contributed by atoms with Gasteiger partial charge in [-0.1, -0.05) is 60.7 Å². The molecule has 0 saturated heterocycles. The molecule has 0 radical (unpaired) electrons. The lowest BCUT2D eigenvalue weighted by molar-refractivity contribution is -0.209. The molecule has 3 amide bonds. The maximum atomic E-state index is 13.7. The second kappa shape index (κ2) is 11.8. The number of hydrogen-bond donors (Lipinski definition) is 1. The van der Waals surface area contributed by atoms with Gasteiger partial charge in [-0.05, 0) is 48.4 Å². The number of carbonyl (C=O) groups excluding carboxylic acids is 3. The number of ether oxygens (including phenoxy) is 2. The number of fused-ring (bicyclic) bond motifs is 1. The first-order valence-corrected chi connectivity index (χ1v) is 13.2. The summed E-state index contributed by atoms with van der Waals surface area (Å²) < 4.78 is 16.8. The van der Waals surface area contributed by atoms with Crippen molar-refractivity contribution in [1.29, 1.82) is 0 Å². The zero-order chi connectivity index (χ0) is 29.0. The summed E-state index contributed by atoms with van der Waals surface area (Å²) >= 11 is 0. The molecule has 2 heterocycles. The van der Waals surface area contributed by atoms with E-state index in [2.05, 4.69) is 5.32 Å². The van der Waals surface area contributed by atoms with Crippen LogP contribution in [0, 0.1) is 0 Å². The SMILES string of the molecule is COC1(OC)C(=O)N(Cc2ccccc2)c2ccc(N(C(=O)c3ccco3)C(C)C(=O)NCc3ccccc3)cc21. The van der Waals surface area contributed by atoms with Crippen molar-refractivity contribution in [3.05, 3.63) is 120 Å². The Morgan fingerprint density at radius 2 is 1.59 bits per heavy atom. The highest BCUT2D eigenvalue weighted by Crippen LogP contribution is 2.45. The van der Waals surface area contributed by atoms with E-state index in [1.165, 1.54) is 31.4 Å². The van der Waals surface area contributed by atoms with Gasteiger partial charge in [0, 0.05) is 32.0 Å². The molecule has 0 fully saturated rings. The standard InChI is InChI=1S/C32H31N3O6/c1-22(29(36)33-20-23-11-6-4-7-12-23)35(30(37)28-15-10-18-41-28)25-16-17-27-26(19-25)32(39-2,40-3)31(38)34(27)21-24-13-8-5-9-14-24/h4-19,22H,20-21H2,1-3H3,(H,33,36). The summed E-state index contributed by atoms with van der Waals surface area (Å²) in [6.07, 6.45) is 1.40. The van der Waals surface area contributed by atoms with Gasteiger partial charge in [0.2, 0.25) is 5.91 Å². The Kier molecular flexibility index (Phi) is 8.00. The molecule has 0 saturated carbocycles. The minimum absolute atomic E-state index is 0.0692. The van der Waals surface area contributed by atoms with Crippen molar-refractivity contribution in [2.45, 2.75) is 31.8 Å². The fourth-order valence-electron chi connectivity index (χ4n) is 5.06. The van der Waals surface area contributed by atoms with E-state index >= 15 is 0 Å². The van der Waals surface area contributed by atoms with Crippen LogP contribution in [0.3, 0.4) is 0 Å². The van der Waals surface area contributed by atoms with Gasteiger partial charge >= 0.3 is 0 Å². The van der Waals surface area contributed by atoms with Crippen LogP contribution in [-0.2, 0) is 37.9 Å². The van der Waals surface area contributed by atoms with Crippen LogP contribution in [0.2, 0.25) is 0 Å². The van der Waals surface area contributed by atoms with Crippen LogP contribution in [0.4, 0.5) is 11.4 Å². The van der Waals surface area contributed by atoms with Crippen LogP contribution in [0.5, 0.6) is 0 Å². The summed E-state index contributed by atoms with van der Waals surface area (Å²) in [5.74, 6) is -2.92. The van der Waals surface area contributed by atoms with Crippen molar-refractivity contribution in [3.63, 3.8) is 0 Å². The van der Waals surface area contributed by atoms with Gasteiger partial charge in [0.25, 0.3) is 17.6 Å². The van der Waals surface area contributed by atoms with E-state index in [-0.39, 0.29) is 11.7 Å². The smallest absolute Gasteiger partial charge is 0.294 e. The van der Waals surface area contributed by atoms with Gasteiger partial charge in [-0.25, -0.2) is 0 Å². The molecule has 1 aliphatic rings. The van der Waals surface area contributed by atoms with Crippen LogP contribution >= 0.6 is 0 Å². The molecule has 0 spiro atoms. The second-order valence-electron chi connectivity index (χ2n) is 9.64. The van der Waals surface area contributed by atoms with Gasteiger partial charge in [-0.3, -0.25) is 19.3 Å². The van der Waals surface area contributed by atoms with Gasteiger partial charge in [-0.15, -0.1) is 0 Å². The molecule has 0 bridgehead atoms. The van der Waals surface area contributed by atoms with E-state index in [9.17, 15) is 14.4 Å². The lowest BCUT2D eigenvalue weighted by Gasteiger charge is -2.29. The highest BCUT2D eigenvalue weighted by molar-refractivity contribution is 6.10. The second-order valence-corrected chi connectivity index (χ2v) is 9.64. The summed E-state index contributed by atoms with van der Waals surface area (Å²) in [5, 5.41) is 2.91. The van der Waals surface area contributed by atoms with Crippen molar-refractivity contribution in [2.75, 3.05) is 24.0 Å². The van der Waals surface area contributed by atoms with E-state index in [1.807, 2.05) is 60.7 Å². The molecule has 210 valence electrons. The molecule has 1 aliphatic heterocycles. The molecule has 1 unspecified atom stereocenters. The number of benzene rings is 3. The lowest BCUT2D eigenvalue weighted by Crippen LogP contribution is -2.48. The number of anilines is 2. The molecule has 5 rings (SSSR count). The van der Waals surface area contributed by atoms with Crippen molar-refractivity contribution >= 4 is 29.1 Å². The summed E-state index contributed by atoms with van der Waals surface area (Å²) in [6.45, 7) is 2.24. The van der Waals surface area contributed by atoms with Crippen LogP contribution < -0.4 is 15.1 Å². The minimum atomic E-state index is -1.72. The lowest BCUT2D eigenvalue weighted by atomic mass is 10.0. The first kappa shape index (κ1) is 27.8. The number of carbonyl (C=O) groups is 3. The van der Waals surface area contributed by atoms with Gasteiger partial charge in [0.15, 0.2) is 5.76 Å². The van der Waals surface area contributed by atoms with Crippen LogP contribution in [0.15, 0.2) is 102 Å². The Morgan fingerprint density at radius 3 is 2.20 bits per heavy atom. The van der Waals surface area contributed by atoms with E-state index in [1.54, 1.807) is 36.1 Å². The van der Waals surface area contributed by atoms with Crippen LogP contribution in [0.1, 0.15) is 34.2 Å². The molecular weight excluding hydrogens is 522 g/mol. The molecule has 41 heavy (non-hydrogen) atoms. The minimum Gasteiger partial charge on any atom is -0.459 e. The maximum absolute atomic E-state index is 13.7. The Bertz CT molecular complexity index is 1520. The zero-order valence-electron chi connectivity index (χ0n) is 23.1. The van der Waals surface area contributed by atoms with Gasteiger partial charge in [-0.2, -0.15) is 0 Å². The molecule has 1 N–H and O–H groups in total. The normalized spacial score (nSPS) is 14.4. The van der Waals surface area contributed by atoms with Crippen LogP contribution in [-0.4, -0.2) is 38.0 Å². The van der Waals surface area contributed by atoms with Crippen molar-refractivity contribution in [3.8, 4) is 0 Å². The summed E-state index contributed by atoms with van der Waals surface area (Å²) in [4.78, 5) is 43.7. The Hall–Kier alpha value is -4.73. The van der Waals surface area contributed by atoms with Gasteiger partial charge < -0.3 is 24.1 Å². The number of nitrogens with zero attached hydrogens (tertiary/aromatic N) is 2. The summed E-state index contributed by atoms with van der Waals surface area (Å²) in [5.41, 5.74) is 3.24. The van der Waals surface area contributed by atoms with E-state index in [0.717, 1.165) is 11.1 Å². The summed E-state index contributed by atoms with van der Waals surface area (Å²) in [7, 11) is 2.80.